The van der Waals surface area contributed by atoms with Crippen LogP contribution in [0.5, 0.6) is 0 Å². The molecule has 0 aromatic heterocycles. The van der Waals surface area contributed by atoms with Crippen molar-refractivity contribution in [3.63, 3.8) is 0 Å². The summed E-state index contributed by atoms with van der Waals surface area (Å²) >= 11 is 0. The lowest BCUT2D eigenvalue weighted by atomic mass is 9.89. The zero-order chi connectivity index (χ0) is 13.9. The third-order valence-electron chi connectivity index (χ3n) is 3.52. The Labute approximate surface area is 112 Å². The van der Waals surface area contributed by atoms with E-state index in [1.807, 2.05) is 0 Å². The van der Waals surface area contributed by atoms with Gasteiger partial charge in [0, 0.05) is 32.4 Å². The minimum Gasteiger partial charge on any atom is -0.381 e. The number of carbonyl (C=O) groups is 1. The van der Waals surface area contributed by atoms with Gasteiger partial charge in [-0.2, -0.15) is 0 Å². The summed E-state index contributed by atoms with van der Waals surface area (Å²) < 4.78 is 18.8. The maximum Gasteiger partial charge on any atom is 0.242 e. The van der Waals surface area contributed by atoms with E-state index in [2.05, 4.69) is 0 Å². The van der Waals surface area contributed by atoms with Crippen LogP contribution in [0.1, 0.15) is 18.4 Å². The number of hydrogen-bond acceptors (Lipinski definition) is 3. The van der Waals surface area contributed by atoms with E-state index in [1.54, 1.807) is 25.2 Å². The highest BCUT2D eigenvalue weighted by Crippen LogP contribution is 2.21. The van der Waals surface area contributed by atoms with Crippen LogP contribution in [0.25, 0.3) is 0 Å². The normalized spacial score (nSPS) is 18.1. The Hall–Kier alpha value is -1.46. The molecule has 1 aliphatic heterocycles. The van der Waals surface area contributed by atoms with Crippen LogP contribution in [0.4, 0.5) is 4.39 Å². The van der Waals surface area contributed by atoms with Crippen molar-refractivity contribution in [2.24, 2.45) is 5.73 Å². The first-order valence-corrected chi connectivity index (χ1v) is 6.38. The standard InChI is InChI=1S/C14H19FN2O2/c1-17(10-11-4-2-3-5-12(11)15)13(18)14(16)6-8-19-9-7-14/h2-5H,6-10,16H2,1H3. The predicted octanol–water partition coefficient (Wildman–Crippen LogP) is 1.29. The van der Waals surface area contributed by atoms with Crippen molar-refractivity contribution in [2.75, 3.05) is 20.3 Å². The van der Waals surface area contributed by atoms with Gasteiger partial charge in [-0.3, -0.25) is 4.79 Å². The van der Waals surface area contributed by atoms with Gasteiger partial charge in [-0.1, -0.05) is 18.2 Å². The lowest BCUT2D eigenvalue weighted by molar-refractivity contribution is -0.139. The number of nitrogens with zero attached hydrogens (tertiary/aromatic N) is 1. The fourth-order valence-corrected chi connectivity index (χ4v) is 2.28. The Bertz CT molecular complexity index is 459. The number of nitrogens with two attached hydrogens (primary N) is 1. The number of hydrogen-bond donors (Lipinski definition) is 1. The summed E-state index contributed by atoms with van der Waals surface area (Å²) in [6, 6.07) is 6.44. The lowest BCUT2D eigenvalue weighted by Gasteiger charge is -2.35. The van der Waals surface area contributed by atoms with Gasteiger partial charge in [0.25, 0.3) is 0 Å². The number of halogens is 1. The van der Waals surface area contributed by atoms with Crippen molar-refractivity contribution in [2.45, 2.75) is 24.9 Å². The monoisotopic (exact) mass is 266 g/mol. The summed E-state index contributed by atoms with van der Waals surface area (Å²) in [4.78, 5) is 13.8. The summed E-state index contributed by atoms with van der Waals surface area (Å²) in [5.74, 6) is -0.459. The first-order chi connectivity index (χ1) is 9.03. The molecule has 4 nitrogen and oxygen atoms in total. The molecule has 0 bridgehead atoms. The second-order valence-corrected chi connectivity index (χ2v) is 5.02. The van der Waals surface area contributed by atoms with Gasteiger partial charge in [0.1, 0.15) is 5.82 Å². The topological polar surface area (TPSA) is 55.6 Å². The molecule has 1 amide bonds. The van der Waals surface area contributed by atoms with Crippen LogP contribution in [0.15, 0.2) is 24.3 Å². The van der Waals surface area contributed by atoms with Crippen molar-refractivity contribution in [1.82, 2.24) is 4.90 Å². The zero-order valence-electron chi connectivity index (χ0n) is 11.1. The summed E-state index contributed by atoms with van der Waals surface area (Å²) in [6.45, 7) is 1.22. The van der Waals surface area contributed by atoms with Gasteiger partial charge >= 0.3 is 0 Å². The van der Waals surface area contributed by atoms with E-state index < -0.39 is 5.54 Å². The number of amides is 1. The fourth-order valence-electron chi connectivity index (χ4n) is 2.28. The molecule has 2 rings (SSSR count). The quantitative estimate of drug-likeness (QED) is 0.897. The maximum absolute atomic E-state index is 13.6. The highest BCUT2D eigenvalue weighted by Gasteiger charge is 2.37. The van der Waals surface area contributed by atoms with Crippen molar-refractivity contribution in [1.29, 1.82) is 0 Å². The van der Waals surface area contributed by atoms with Crippen LogP contribution < -0.4 is 5.73 Å². The Morgan fingerprint density at radius 3 is 2.68 bits per heavy atom. The Balaban J connectivity index is 2.05. The average Bonchev–Trinajstić information content (AvgIpc) is 2.41. The number of carbonyl (C=O) groups excluding carboxylic acids is 1. The van der Waals surface area contributed by atoms with Crippen LogP contribution in [-0.2, 0) is 16.1 Å². The number of likely N-dealkylation sites (N-methyl/N-ethyl adjacent to an activating group) is 1. The SMILES string of the molecule is CN(Cc1ccccc1F)C(=O)C1(N)CCOCC1. The Morgan fingerprint density at radius 1 is 1.42 bits per heavy atom. The summed E-state index contributed by atoms with van der Waals surface area (Å²) in [7, 11) is 1.65. The minimum absolute atomic E-state index is 0.154. The molecule has 0 atom stereocenters. The van der Waals surface area contributed by atoms with Gasteiger partial charge in [-0.05, 0) is 18.9 Å². The fraction of sp³-hybridized carbons (Fsp3) is 0.500. The first-order valence-electron chi connectivity index (χ1n) is 6.38. The molecule has 0 aliphatic carbocycles. The smallest absolute Gasteiger partial charge is 0.242 e. The molecule has 0 unspecified atom stereocenters. The van der Waals surface area contributed by atoms with Crippen LogP contribution in [0.2, 0.25) is 0 Å². The van der Waals surface area contributed by atoms with Crippen LogP contribution in [0, 0.1) is 5.82 Å². The van der Waals surface area contributed by atoms with Crippen molar-refractivity contribution < 1.29 is 13.9 Å². The van der Waals surface area contributed by atoms with E-state index in [0.717, 1.165) is 0 Å². The molecular weight excluding hydrogens is 247 g/mol. The zero-order valence-corrected chi connectivity index (χ0v) is 11.1. The highest BCUT2D eigenvalue weighted by atomic mass is 19.1. The minimum atomic E-state index is -0.877. The Morgan fingerprint density at radius 2 is 2.05 bits per heavy atom. The maximum atomic E-state index is 13.6. The number of benzene rings is 1. The van der Waals surface area contributed by atoms with E-state index in [9.17, 15) is 9.18 Å². The second-order valence-electron chi connectivity index (χ2n) is 5.02. The molecule has 2 N–H and O–H groups in total. The molecule has 104 valence electrons. The average molecular weight is 266 g/mol. The van der Waals surface area contributed by atoms with Gasteiger partial charge < -0.3 is 15.4 Å². The summed E-state index contributed by atoms with van der Waals surface area (Å²) in [6.07, 6.45) is 1.01. The van der Waals surface area contributed by atoms with Crippen LogP contribution in [0.3, 0.4) is 0 Å². The lowest BCUT2D eigenvalue weighted by Crippen LogP contribution is -2.57. The molecule has 1 saturated heterocycles. The van der Waals surface area contributed by atoms with Crippen molar-refractivity contribution >= 4 is 5.91 Å². The largest absolute Gasteiger partial charge is 0.381 e. The van der Waals surface area contributed by atoms with Crippen LogP contribution in [-0.4, -0.2) is 36.6 Å². The summed E-state index contributed by atoms with van der Waals surface area (Å²) in [5.41, 5.74) is 5.75. The van der Waals surface area contributed by atoms with Crippen molar-refractivity contribution in [3.8, 4) is 0 Å². The van der Waals surface area contributed by atoms with E-state index in [0.29, 0.717) is 31.6 Å². The van der Waals surface area contributed by atoms with Gasteiger partial charge in [-0.25, -0.2) is 4.39 Å². The molecule has 1 heterocycles. The van der Waals surface area contributed by atoms with Crippen LogP contribution >= 0.6 is 0 Å². The molecule has 1 aromatic rings. The van der Waals surface area contributed by atoms with E-state index in [-0.39, 0.29) is 18.3 Å². The summed E-state index contributed by atoms with van der Waals surface area (Å²) in [5, 5.41) is 0. The predicted molar refractivity (Wildman–Crippen MR) is 69.8 cm³/mol. The molecule has 0 saturated carbocycles. The third-order valence-corrected chi connectivity index (χ3v) is 3.52. The molecule has 1 fully saturated rings. The number of rotatable bonds is 3. The molecule has 0 radical (unpaired) electrons. The molecule has 1 aromatic carbocycles. The Kier molecular flexibility index (Phi) is 4.17. The third kappa shape index (κ3) is 3.11. The van der Waals surface area contributed by atoms with Gasteiger partial charge in [0.15, 0.2) is 0 Å². The van der Waals surface area contributed by atoms with E-state index in [4.69, 9.17) is 10.5 Å². The van der Waals surface area contributed by atoms with E-state index >= 15 is 0 Å². The molecule has 19 heavy (non-hydrogen) atoms. The number of ether oxygens (including phenoxy) is 1. The molecular formula is C14H19FN2O2. The van der Waals surface area contributed by atoms with Crippen molar-refractivity contribution in [3.05, 3.63) is 35.6 Å². The van der Waals surface area contributed by atoms with E-state index in [1.165, 1.54) is 11.0 Å². The molecule has 1 aliphatic rings. The first kappa shape index (κ1) is 14.0. The highest BCUT2D eigenvalue weighted by molar-refractivity contribution is 5.86. The van der Waals surface area contributed by atoms with Gasteiger partial charge in [0.2, 0.25) is 5.91 Å². The molecule has 5 heteroatoms. The second kappa shape index (κ2) is 5.67. The van der Waals surface area contributed by atoms with Gasteiger partial charge in [-0.15, -0.1) is 0 Å². The molecule has 0 spiro atoms. The van der Waals surface area contributed by atoms with Gasteiger partial charge in [0.05, 0.1) is 5.54 Å².